The van der Waals surface area contributed by atoms with Crippen LogP contribution in [0.1, 0.15) is 67.5 Å². The van der Waals surface area contributed by atoms with Gasteiger partial charge in [0.1, 0.15) is 10.3 Å². The molecule has 16 nitrogen and oxygen atoms in total. The van der Waals surface area contributed by atoms with Gasteiger partial charge in [0.25, 0.3) is 0 Å². The molecule has 0 aromatic carbocycles. The van der Waals surface area contributed by atoms with E-state index in [0.29, 0.717) is 27.2 Å². The number of esters is 3. The number of carbonyl (C=O) groups is 3. The van der Waals surface area contributed by atoms with Crippen molar-refractivity contribution in [2.45, 2.75) is 98.2 Å². The number of halogens is 4. The highest BCUT2D eigenvalue weighted by Gasteiger charge is 2.46. The van der Waals surface area contributed by atoms with E-state index in [0.717, 1.165) is 12.8 Å². The summed E-state index contributed by atoms with van der Waals surface area (Å²) in [6, 6.07) is 0. The van der Waals surface area contributed by atoms with Gasteiger partial charge in [0.2, 0.25) is 16.9 Å². The lowest BCUT2D eigenvalue weighted by molar-refractivity contribution is -0.194. The van der Waals surface area contributed by atoms with Gasteiger partial charge in [-0.1, -0.05) is 50.9 Å². The zero-order chi connectivity index (χ0) is 36.9. The molecular weight excluding hydrogens is 742 g/mol. The molecule has 0 saturated carbocycles. The van der Waals surface area contributed by atoms with Crippen molar-refractivity contribution in [2.24, 2.45) is 11.8 Å². The summed E-state index contributed by atoms with van der Waals surface area (Å²) >= 11 is 23.2. The predicted molar refractivity (Wildman–Crippen MR) is 181 cm³/mol. The molecule has 8 atom stereocenters. The standard InChI is InChI=1S/C14H16Cl2N4O3.C11H18O5.C5H2Cl2N4/c1-4-9-6(2)10(22-7(3)21)13(23-9)20-12-8(5-17-20)11(15)18-14(16)19-12;1-5-9-6(2)10(14-7(3)12)11(16-9)15-8(4)13;6-3-2-1-8-11-4(2)10-5(7)9-3/h5-6,9-10,13H,4H2,1-3H3;6,9-11H,5H2,1-4H3;1H,(H,8,9,10,11)/t6-,9-,10-,13-;6-,9-,10-,11-;/m11./s1. The van der Waals surface area contributed by atoms with Gasteiger partial charge in [-0.2, -0.15) is 20.2 Å². The minimum Gasteiger partial charge on any atom is -0.457 e. The highest BCUT2D eigenvalue weighted by Crippen LogP contribution is 2.39. The van der Waals surface area contributed by atoms with E-state index < -0.39 is 36.7 Å². The Morgan fingerprint density at radius 2 is 1.30 bits per heavy atom. The maximum absolute atomic E-state index is 11.5. The summed E-state index contributed by atoms with van der Waals surface area (Å²) in [4.78, 5) is 49.0. The average Bonchev–Trinajstić information content (AvgIpc) is 3.80. The summed E-state index contributed by atoms with van der Waals surface area (Å²) in [5, 5.41) is 12.6. The third-order valence-corrected chi connectivity index (χ3v) is 8.84. The van der Waals surface area contributed by atoms with Crippen LogP contribution in [0.2, 0.25) is 20.9 Å². The van der Waals surface area contributed by atoms with Crippen LogP contribution in [0.4, 0.5) is 0 Å². The molecule has 0 aliphatic carbocycles. The fourth-order valence-corrected chi connectivity index (χ4v) is 6.47. The Labute approximate surface area is 306 Å². The lowest BCUT2D eigenvalue weighted by Gasteiger charge is -2.21. The number of hydrogen-bond acceptors (Lipinski definition) is 14. The summed E-state index contributed by atoms with van der Waals surface area (Å²) in [6.07, 6.45) is 2.26. The maximum atomic E-state index is 11.5. The summed E-state index contributed by atoms with van der Waals surface area (Å²) in [5.41, 5.74) is 0.996. The van der Waals surface area contributed by atoms with Crippen LogP contribution in [0.3, 0.4) is 0 Å². The third kappa shape index (κ3) is 9.27. The fraction of sp³-hybridized carbons (Fsp3) is 0.567. The van der Waals surface area contributed by atoms with Crippen LogP contribution in [-0.4, -0.2) is 88.5 Å². The van der Waals surface area contributed by atoms with Gasteiger partial charge in [-0.05, 0) is 36.0 Å². The molecule has 2 fully saturated rings. The van der Waals surface area contributed by atoms with Crippen LogP contribution in [0, 0.1) is 11.8 Å². The van der Waals surface area contributed by atoms with E-state index in [9.17, 15) is 14.4 Å². The fourth-order valence-electron chi connectivity index (χ4n) is 5.61. The van der Waals surface area contributed by atoms with Gasteiger partial charge in [-0.25, -0.2) is 14.6 Å². The van der Waals surface area contributed by atoms with Gasteiger partial charge in [0, 0.05) is 32.6 Å². The molecule has 6 heterocycles. The van der Waals surface area contributed by atoms with Gasteiger partial charge in [-0.15, -0.1) is 0 Å². The summed E-state index contributed by atoms with van der Waals surface area (Å²) in [7, 11) is 0. The Kier molecular flexibility index (Phi) is 13.5. The van der Waals surface area contributed by atoms with Crippen LogP contribution in [-0.2, 0) is 38.1 Å². The topological polar surface area (TPSA) is 195 Å². The molecule has 2 saturated heterocycles. The first-order valence-electron chi connectivity index (χ1n) is 15.6. The third-order valence-electron chi connectivity index (χ3n) is 7.93. The first kappa shape index (κ1) is 39.4. The van der Waals surface area contributed by atoms with E-state index in [1.807, 2.05) is 27.7 Å². The van der Waals surface area contributed by atoms with Crippen molar-refractivity contribution >= 4 is 86.4 Å². The molecule has 272 valence electrons. The summed E-state index contributed by atoms with van der Waals surface area (Å²) in [6.45, 7) is 11.9. The molecule has 0 amide bonds. The molecule has 0 bridgehead atoms. The molecule has 0 radical (unpaired) electrons. The molecule has 0 spiro atoms. The molecule has 50 heavy (non-hydrogen) atoms. The molecule has 2 aliphatic heterocycles. The molecule has 1 N–H and O–H groups in total. The van der Waals surface area contributed by atoms with Crippen LogP contribution in [0.5, 0.6) is 0 Å². The predicted octanol–water partition coefficient (Wildman–Crippen LogP) is 5.92. The normalized spacial score (nSPS) is 25.7. The first-order chi connectivity index (χ1) is 23.6. The Bertz CT molecular complexity index is 1830. The second-order valence-corrected chi connectivity index (χ2v) is 12.8. The minimum absolute atomic E-state index is 0.0198. The Morgan fingerprint density at radius 1 is 0.760 bits per heavy atom. The van der Waals surface area contributed by atoms with Crippen LogP contribution >= 0.6 is 46.4 Å². The van der Waals surface area contributed by atoms with Gasteiger partial charge in [0.15, 0.2) is 29.7 Å². The molecule has 4 aromatic rings. The zero-order valence-corrected chi connectivity index (χ0v) is 31.1. The Balaban J connectivity index is 0.000000181. The van der Waals surface area contributed by atoms with Crippen molar-refractivity contribution in [1.82, 2.24) is 39.9 Å². The second-order valence-electron chi connectivity index (χ2n) is 11.4. The molecule has 0 unspecified atom stereocenters. The Morgan fingerprint density at radius 3 is 1.90 bits per heavy atom. The number of hydrogen-bond donors (Lipinski definition) is 1. The number of nitrogens with zero attached hydrogens (tertiary/aromatic N) is 7. The summed E-state index contributed by atoms with van der Waals surface area (Å²) < 4.78 is 28.7. The molecule has 20 heteroatoms. The minimum atomic E-state index is -0.777. The SMILES string of the molecule is CC[C@H]1O[C@@H](OC(C)=O)[C@H](OC(C)=O)[C@@H]1C.CC[C@H]1O[C@@H](n2ncc3c(Cl)nc(Cl)nc32)[C@H](OC(C)=O)[C@@H]1C.Clc1nc(Cl)c2cn[nH]c2n1. The molecule has 6 rings (SSSR count). The van der Waals surface area contributed by atoms with E-state index in [4.69, 9.17) is 70.1 Å². The molecule has 4 aromatic heterocycles. The van der Waals surface area contributed by atoms with Crippen molar-refractivity contribution in [3.63, 3.8) is 0 Å². The van der Waals surface area contributed by atoms with Crippen molar-refractivity contribution in [3.05, 3.63) is 33.3 Å². The first-order valence-corrected chi connectivity index (χ1v) is 17.1. The van der Waals surface area contributed by atoms with Gasteiger partial charge >= 0.3 is 17.9 Å². The monoisotopic (exact) mass is 776 g/mol. The van der Waals surface area contributed by atoms with Crippen LogP contribution in [0.25, 0.3) is 22.1 Å². The smallest absolute Gasteiger partial charge is 0.305 e. The van der Waals surface area contributed by atoms with Gasteiger partial charge in [-0.3, -0.25) is 19.5 Å². The summed E-state index contributed by atoms with van der Waals surface area (Å²) in [5.74, 6) is -1.14. The highest BCUT2D eigenvalue weighted by atomic mass is 35.5. The maximum Gasteiger partial charge on any atom is 0.305 e. The number of ether oxygens (including phenoxy) is 5. The molecular formula is C30H36Cl4N8O8. The quantitative estimate of drug-likeness (QED) is 0.105. The van der Waals surface area contributed by atoms with Gasteiger partial charge in [0.05, 0.1) is 35.4 Å². The van der Waals surface area contributed by atoms with E-state index in [2.05, 4.69) is 35.2 Å². The van der Waals surface area contributed by atoms with Gasteiger partial charge < -0.3 is 23.7 Å². The van der Waals surface area contributed by atoms with Crippen molar-refractivity contribution in [1.29, 1.82) is 0 Å². The number of fused-ring (bicyclic) bond motifs is 2. The number of rotatable bonds is 6. The highest BCUT2D eigenvalue weighted by molar-refractivity contribution is 6.36. The number of H-pyrrole nitrogens is 1. The molecule has 2 aliphatic rings. The lowest BCUT2D eigenvalue weighted by Crippen LogP contribution is -2.33. The Hall–Kier alpha value is -3.41. The van der Waals surface area contributed by atoms with Crippen LogP contribution in [0.15, 0.2) is 12.4 Å². The van der Waals surface area contributed by atoms with Crippen molar-refractivity contribution < 1.29 is 38.1 Å². The van der Waals surface area contributed by atoms with E-state index >= 15 is 0 Å². The van der Waals surface area contributed by atoms with Crippen molar-refractivity contribution in [2.75, 3.05) is 0 Å². The zero-order valence-electron chi connectivity index (χ0n) is 28.1. The van der Waals surface area contributed by atoms with Crippen LogP contribution < -0.4 is 0 Å². The van der Waals surface area contributed by atoms with E-state index in [-0.39, 0.29) is 45.7 Å². The van der Waals surface area contributed by atoms with E-state index in [1.165, 1.54) is 20.8 Å². The number of carbonyl (C=O) groups excluding carboxylic acids is 3. The second kappa shape index (κ2) is 17.2. The number of aromatic nitrogens is 8. The number of nitrogens with one attached hydrogen (secondary N) is 1. The average molecular weight is 778 g/mol. The largest absolute Gasteiger partial charge is 0.457 e. The van der Waals surface area contributed by atoms with E-state index in [1.54, 1.807) is 17.1 Å². The lowest BCUT2D eigenvalue weighted by atomic mass is 9.98. The van der Waals surface area contributed by atoms with Crippen molar-refractivity contribution in [3.8, 4) is 0 Å². The number of aromatic amines is 1.